The van der Waals surface area contributed by atoms with Crippen LogP contribution in [0.1, 0.15) is 6.42 Å². The Morgan fingerprint density at radius 1 is 1.80 bits per heavy atom. The van der Waals surface area contributed by atoms with Gasteiger partial charge < -0.3 is 0 Å². The van der Waals surface area contributed by atoms with Gasteiger partial charge in [0.2, 0.25) is 0 Å². The van der Waals surface area contributed by atoms with Crippen molar-refractivity contribution in [3.8, 4) is 0 Å². The minimum atomic E-state index is -0.320. The summed E-state index contributed by atoms with van der Waals surface area (Å²) in [4.78, 5) is 0. The van der Waals surface area contributed by atoms with Gasteiger partial charge in [0.25, 0.3) is 0 Å². The molecule has 0 aromatic heterocycles. The Morgan fingerprint density at radius 2 is 2.50 bits per heavy atom. The molecule has 1 aliphatic rings. The first kappa shape index (κ1) is 7.55. The first-order valence-corrected chi connectivity index (χ1v) is 3.47. The third-order valence-corrected chi connectivity index (χ3v) is 1.77. The van der Waals surface area contributed by atoms with Crippen LogP contribution in [-0.2, 0) is 0 Å². The number of allylic oxidation sites excluding steroid dienone is 5. The van der Waals surface area contributed by atoms with Crippen LogP contribution < -0.4 is 0 Å². The third-order valence-electron chi connectivity index (χ3n) is 1.46. The summed E-state index contributed by atoms with van der Waals surface area (Å²) in [7, 11) is 0. The second-order valence-corrected chi connectivity index (χ2v) is 2.61. The quantitative estimate of drug-likeness (QED) is 0.515. The molecule has 0 fully saturated rings. The van der Waals surface area contributed by atoms with Crippen LogP contribution in [0.3, 0.4) is 0 Å². The zero-order valence-electron chi connectivity index (χ0n) is 5.48. The third kappa shape index (κ3) is 1.48. The summed E-state index contributed by atoms with van der Waals surface area (Å²) in [5.41, 5.74) is 0. The Hall–Kier alpha value is -0.560. The fourth-order valence-electron chi connectivity index (χ4n) is 0.837. The van der Waals surface area contributed by atoms with Crippen molar-refractivity contribution in [1.29, 1.82) is 0 Å². The molecule has 10 heavy (non-hydrogen) atoms. The first-order valence-electron chi connectivity index (χ1n) is 3.10. The normalized spacial score (nSPS) is 25.2. The van der Waals surface area contributed by atoms with E-state index in [0.29, 0.717) is 6.42 Å². The van der Waals surface area contributed by atoms with E-state index < -0.39 is 0 Å². The van der Waals surface area contributed by atoms with E-state index >= 15 is 0 Å². The second kappa shape index (κ2) is 3.02. The molecule has 0 N–H and O–H groups in total. The minimum absolute atomic E-state index is 0.201. The lowest BCUT2D eigenvalue weighted by atomic mass is 10.0. The highest BCUT2D eigenvalue weighted by atomic mass is 35.5. The maximum absolute atomic E-state index is 12.5. The van der Waals surface area contributed by atoms with E-state index in [1.54, 1.807) is 12.2 Å². The largest absolute Gasteiger partial charge is 0.206 e. The molecule has 0 radical (unpaired) electrons. The summed E-state index contributed by atoms with van der Waals surface area (Å²) in [6, 6.07) is 0. The predicted molar refractivity (Wildman–Crippen MR) is 41.4 cm³/mol. The summed E-state index contributed by atoms with van der Waals surface area (Å²) >= 11 is 5.51. The second-order valence-electron chi connectivity index (χ2n) is 2.20. The van der Waals surface area contributed by atoms with E-state index in [1.807, 2.05) is 0 Å². The first-order chi connectivity index (χ1) is 4.74. The van der Waals surface area contributed by atoms with E-state index in [9.17, 15) is 4.39 Å². The van der Waals surface area contributed by atoms with Crippen LogP contribution in [0.15, 0.2) is 35.7 Å². The van der Waals surface area contributed by atoms with Gasteiger partial charge in [-0.25, -0.2) is 4.39 Å². The lowest BCUT2D eigenvalue weighted by Gasteiger charge is -2.09. The molecule has 0 heterocycles. The Balaban J connectivity index is 2.75. The molecular formula is C8H8ClF. The molecule has 0 aliphatic heterocycles. The van der Waals surface area contributed by atoms with Gasteiger partial charge in [-0.05, 0) is 18.4 Å². The lowest BCUT2D eigenvalue weighted by molar-refractivity contribution is 0.633. The fraction of sp³-hybridized carbons (Fsp3) is 0.250. The Morgan fingerprint density at radius 3 is 3.00 bits per heavy atom. The van der Waals surface area contributed by atoms with E-state index in [1.165, 1.54) is 6.08 Å². The predicted octanol–water partition coefficient (Wildman–Crippen LogP) is 3.17. The van der Waals surface area contributed by atoms with E-state index in [0.717, 1.165) is 0 Å². The van der Waals surface area contributed by atoms with Crippen molar-refractivity contribution in [1.82, 2.24) is 0 Å². The van der Waals surface area contributed by atoms with Crippen LogP contribution in [0.5, 0.6) is 0 Å². The molecule has 0 spiro atoms. The van der Waals surface area contributed by atoms with Gasteiger partial charge in [0, 0.05) is 0 Å². The van der Waals surface area contributed by atoms with Crippen molar-refractivity contribution in [2.45, 2.75) is 6.42 Å². The fourth-order valence-corrected chi connectivity index (χ4v) is 1.08. The van der Waals surface area contributed by atoms with Crippen molar-refractivity contribution in [2.24, 2.45) is 5.92 Å². The van der Waals surface area contributed by atoms with Crippen LogP contribution in [-0.4, -0.2) is 0 Å². The van der Waals surface area contributed by atoms with Crippen molar-refractivity contribution in [3.05, 3.63) is 35.7 Å². The highest BCUT2D eigenvalue weighted by molar-refractivity contribution is 6.31. The molecule has 0 saturated carbocycles. The van der Waals surface area contributed by atoms with Gasteiger partial charge in [0.15, 0.2) is 0 Å². The van der Waals surface area contributed by atoms with Crippen LogP contribution in [0, 0.1) is 5.92 Å². The average molecular weight is 159 g/mol. The molecule has 0 nitrogen and oxygen atoms in total. The summed E-state index contributed by atoms with van der Waals surface area (Å²) in [5.74, 6) is -0.119. The number of hydrogen-bond acceptors (Lipinski definition) is 0. The molecule has 1 unspecified atom stereocenters. The Bertz CT molecular complexity index is 203. The van der Waals surface area contributed by atoms with Gasteiger partial charge in [0.1, 0.15) is 5.83 Å². The van der Waals surface area contributed by atoms with E-state index in [2.05, 4.69) is 6.58 Å². The smallest absolute Gasteiger partial charge is 0.137 e. The summed E-state index contributed by atoms with van der Waals surface area (Å²) in [6.45, 7) is 3.59. The van der Waals surface area contributed by atoms with Crippen LogP contribution >= 0.6 is 11.6 Å². The van der Waals surface area contributed by atoms with Crippen LogP contribution in [0.2, 0.25) is 0 Å². The zero-order valence-corrected chi connectivity index (χ0v) is 6.24. The van der Waals surface area contributed by atoms with Gasteiger partial charge in [-0.2, -0.15) is 0 Å². The van der Waals surface area contributed by atoms with Gasteiger partial charge in [0.05, 0.1) is 5.03 Å². The van der Waals surface area contributed by atoms with Gasteiger partial charge in [-0.15, -0.1) is 6.58 Å². The average Bonchev–Trinajstić information content (AvgIpc) is 1.95. The Kier molecular flexibility index (Phi) is 2.28. The van der Waals surface area contributed by atoms with Crippen molar-refractivity contribution < 1.29 is 4.39 Å². The van der Waals surface area contributed by atoms with Gasteiger partial charge in [-0.1, -0.05) is 23.8 Å². The number of halogens is 2. The molecule has 0 amide bonds. The molecule has 0 bridgehead atoms. The molecular weight excluding hydrogens is 151 g/mol. The highest BCUT2D eigenvalue weighted by Gasteiger charge is 2.10. The molecule has 54 valence electrons. The van der Waals surface area contributed by atoms with E-state index in [-0.39, 0.29) is 16.8 Å². The molecule has 1 atom stereocenters. The topological polar surface area (TPSA) is 0 Å². The monoisotopic (exact) mass is 158 g/mol. The van der Waals surface area contributed by atoms with Crippen molar-refractivity contribution >= 4 is 11.6 Å². The van der Waals surface area contributed by atoms with Crippen molar-refractivity contribution in [2.75, 3.05) is 0 Å². The molecule has 1 aliphatic carbocycles. The van der Waals surface area contributed by atoms with Gasteiger partial charge >= 0.3 is 0 Å². The maximum atomic E-state index is 12.5. The number of rotatable bonds is 1. The lowest BCUT2D eigenvalue weighted by Crippen LogP contribution is -1.95. The molecule has 0 aromatic rings. The molecule has 1 rings (SSSR count). The summed E-state index contributed by atoms with van der Waals surface area (Å²) in [5, 5.41) is 0.205. The highest BCUT2D eigenvalue weighted by Crippen LogP contribution is 2.26. The minimum Gasteiger partial charge on any atom is -0.206 e. The summed E-state index contributed by atoms with van der Waals surface area (Å²) < 4.78 is 12.5. The van der Waals surface area contributed by atoms with Crippen LogP contribution in [0.25, 0.3) is 0 Å². The SMILES string of the molecule is C=CC1C=C(Cl)C(F)=CC1. The standard InChI is InChI=1S/C8H8ClF/c1-2-6-3-4-8(10)7(9)5-6/h2,4-6H,1,3H2. The van der Waals surface area contributed by atoms with E-state index in [4.69, 9.17) is 11.6 Å². The van der Waals surface area contributed by atoms with Crippen molar-refractivity contribution in [3.63, 3.8) is 0 Å². The molecule has 0 aromatic carbocycles. The zero-order chi connectivity index (χ0) is 7.56. The molecule has 2 heteroatoms. The van der Waals surface area contributed by atoms with Gasteiger partial charge in [-0.3, -0.25) is 0 Å². The maximum Gasteiger partial charge on any atom is 0.137 e. The Labute approximate surface area is 64.7 Å². The van der Waals surface area contributed by atoms with Crippen LogP contribution in [0.4, 0.5) is 4.39 Å². The molecule has 0 saturated heterocycles. The number of hydrogen-bond donors (Lipinski definition) is 0. The summed E-state index contributed by atoms with van der Waals surface area (Å²) in [6.07, 6.45) is 5.58.